The predicted octanol–water partition coefficient (Wildman–Crippen LogP) is 5.86. The highest BCUT2D eigenvalue weighted by Gasteiger charge is 2.31. The van der Waals surface area contributed by atoms with Crippen molar-refractivity contribution in [2.45, 2.75) is 13.3 Å². The molecule has 0 atom stereocenters. The third-order valence-corrected chi connectivity index (χ3v) is 6.01. The normalized spacial score (nSPS) is 13.3. The van der Waals surface area contributed by atoms with Crippen molar-refractivity contribution < 1.29 is 27.4 Å². The summed E-state index contributed by atoms with van der Waals surface area (Å²) in [5.41, 5.74) is 5.99. The Bertz CT molecular complexity index is 1560. The first-order valence-corrected chi connectivity index (χ1v) is 12.3. The Kier molecular flexibility index (Phi) is 8.74. The second-order valence-corrected chi connectivity index (χ2v) is 8.92. The molecule has 13 heteroatoms. The number of halogens is 3. The van der Waals surface area contributed by atoms with Gasteiger partial charge in [-0.15, -0.1) is 25.8 Å². The Hall–Kier alpha value is -5.09. The second-order valence-electron chi connectivity index (χ2n) is 8.47. The molecule has 1 aliphatic rings. The van der Waals surface area contributed by atoms with Gasteiger partial charge in [0.15, 0.2) is 5.84 Å². The molecule has 0 spiro atoms. The number of rotatable bonds is 8. The van der Waals surface area contributed by atoms with Crippen molar-refractivity contribution in [2.24, 2.45) is 4.99 Å². The Labute approximate surface area is 239 Å². The summed E-state index contributed by atoms with van der Waals surface area (Å²) in [7, 11) is 1.56. The van der Waals surface area contributed by atoms with Gasteiger partial charge in [0.25, 0.3) is 5.91 Å². The first kappa shape index (κ1) is 28.9. The maximum Gasteiger partial charge on any atom is 0.573 e. The smallest absolute Gasteiger partial charge is 0.497 e. The predicted molar refractivity (Wildman–Crippen MR) is 152 cm³/mol. The third kappa shape index (κ3) is 7.52. The highest BCUT2D eigenvalue weighted by atomic mass is 32.1. The van der Waals surface area contributed by atoms with Gasteiger partial charge in [0.05, 0.1) is 17.8 Å². The van der Waals surface area contributed by atoms with Gasteiger partial charge in [0.1, 0.15) is 23.1 Å². The van der Waals surface area contributed by atoms with E-state index in [9.17, 15) is 23.2 Å². The molecule has 41 heavy (non-hydrogen) atoms. The molecule has 0 saturated carbocycles. The fraction of sp³-hybridized carbons (Fsp3) is 0.107. The number of hydrogen-bond donors (Lipinski definition) is 4. The lowest BCUT2D eigenvalue weighted by atomic mass is 10.1. The molecule has 0 fully saturated rings. The second kappa shape index (κ2) is 12.4. The van der Waals surface area contributed by atoms with Crippen LogP contribution in [0.2, 0.25) is 0 Å². The first-order chi connectivity index (χ1) is 19.6. The average Bonchev–Trinajstić information content (AvgIpc) is 2.94. The monoisotopic (exact) mass is 580 g/mol. The number of aryl methyl sites for hydroxylation is 1. The van der Waals surface area contributed by atoms with Crippen molar-refractivity contribution in [1.29, 1.82) is 5.26 Å². The molecular weight excluding hydrogens is 557 g/mol. The number of nitrogens with zero attached hydrogens (tertiary/aromatic N) is 3. The lowest BCUT2D eigenvalue weighted by Crippen LogP contribution is -2.40. The van der Waals surface area contributed by atoms with Gasteiger partial charge >= 0.3 is 6.36 Å². The molecule has 1 aliphatic heterocycles. The minimum atomic E-state index is -4.77. The van der Waals surface area contributed by atoms with E-state index in [2.05, 4.69) is 38.4 Å². The van der Waals surface area contributed by atoms with Crippen LogP contribution in [0.4, 0.5) is 30.2 Å². The van der Waals surface area contributed by atoms with Gasteiger partial charge in [-0.05, 0) is 79.2 Å². The quantitative estimate of drug-likeness (QED) is 0.150. The Morgan fingerprint density at radius 2 is 1.73 bits per heavy atom. The number of hydrogen-bond acceptors (Lipinski definition) is 9. The van der Waals surface area contributed by atoms with E-state index in [1.54, 1.807) is 60.8 Å². The van der Waals surface area contributed by atoms with Gasteiger partial charge in [0, 0.05) is 29.3 Å². The highest BCUT2D eigenvalue weighted by Crippen LogP contribution is 2.26. The van der Waals surface area contributed by atoms with Crippen LogP contribution < -0.4 is 30.5 Å². The Morgan fingerprint density at radius 1 is 1.05 bits per heavy atom. The van der Waals surface area contributed by atoms with Crippen molar-refractivity contribution in [2.75, 3.05) is 22.8 Å². The zero-order chi connectivity index (χ0) is 29.6. The number of thiol groups is 1. The van der Waals surface area contributed by atoms with E-state index in [4.69, 9.17) is 4.74 Å². The molecular formula is C28H23F3N6O3S. The lowest BCUT2D eigenvalue weighted by molar-refractivity contribution is -0.274. The molecule has 0 bridgehead atoms. The third-order valence-electron chi connectivity index (χ3n) is 5.67. The van der Waals surface area contributed by atoms with Crippen LogP contribution in [0.1, 0.15) is 11.1 Å². The van der Waals surface area contributed by atoms with E-state index >= 15 is 0 Å². The fourth-order valence-corrected chi connectivity index (χ4v) is 3.93. The number of nitriles is 1. The molecule has 0 unspecified atom stereocenters. The summed E-state index contributed by atoms with van der Waals surface area (Å²) in [6, 6.07) is 19.2. The molecule has 0 saturated heterocycles. The minimum absolute atomic E-state index is 0.0838. The van der Waals surface area contributed by atoms with Gasteiger partial charge in [-0.3, -0.25) is 15.2 Å². The van der Waals surface area contributed by atoms with Gasteiger partial charge in [-0.2, -0.15) is 5.26 Å². The number of carbonyl (C=O) groups is 1. The van der Waals surface area contributed by atoms with Crippen LogP contribution >= 0.6 is 12.6 Å². The summed E-state index contributed by atoms with van der Waals surface area (Å²) in [4.78, 5) is 17.1. The summed E-state index contributed by atoms with van der Waals surface area (Å²) in [5.74, 6) is 0.144. The van der Waals surface area contributed by atoms with Crippen molar-refractivity contribution in [1.82, 2.24) is 5.43 Å². The number of ether oxygens (including phenoxy) is 2. The van der Waals surface area contributed by atoms with Crippen LogP contribution in [0.3, 0.4) is 0 Å². The zero-order valence-electron chi connectivity index (χ0n) is 21.7. The molecule has 4 rings (SSSR count). The largest absolute Gasteiger partial charge is 0.573 e. The van der Waals surface area contributed by atoms with Gasteiger partial charge in [0.2, 0.25) is 0 Å². The maximum atomic E-state index is 12.8. The number of hydrazine groups is 1. The van der Waals surface area contributed by atoms with Crippen molar-refractivity contribution in [3.8, 4) is 17.6 Å². The summed E-state index contributed by atoms with van der Waals surface area (Å²) in [6.45, 7) is 1.85. The number of benzene rings is 3. The molecule has 3 aromatic carbocycles. The average molecular weight is 581 g/mol. The van der Waals surface area contributed by atoms with Gasteiger partial charge in [-0.1, -0.05) is 0 Å². The molecule has 0 aliphatic carbocycles. The number of aliphatic imine (C=N–C) groups is 1. The van der Waals surface area contributed by atoms with E-state index in [0.717, 1.165) is 5.56 Å². The van der Waals surface area contributed by atoms with Gasteiger partial charge < -0.3 is 20.1 Å². The number of amides is 1. The summed E-state index contributed by atoms with van der Waals surface area (Å²) >= 11 is 4.33. The van der Waals surface area contributed by atoms with E-state index < -0.39 is 12.3 Å². The zero-order valence-corrected chi connectivity index (χ0v) is 22.5. The molecule has 1 amide bonds. The van der Waals surface area contributed by atoms with Crippen molar-refractivity contribution in [3.63, 3.8) is 0 Å². The number of alkyl halides is 3. The molecule has 1 heterocycles. The van der Waals surface area contributed by atoms with Crippen LogP contribution in [-0.2, 0) is 4.79 Å². The van der Waals surface area contributed by atoms with Crippen LogP contribution in [0, 0.1) is 18.3 Å². The van der Waals surface area contributed by atoms with Crippen LogP contribution in [0.25, 0.3) is 0 Å². The Morgan fingerprint density at radius 3 is 2.34 bits per heavy atom. The van der Waals surface area contributed by atoms with Crippen LogP contribution in [0.15, 0.2) is 94.7 Å². The van der Waals surface area contributed by atoms with Gasteiger partial charge in [-0.25, -0.2) is 4.99 Å². The molecule has 210 valence electrons. The number of nitrogens with one attached hydrogen (secondary N) is 3. The number of amidine groups is 1. The Balaban J connectivity index is 1.40. The highest BCUT2D eigenvalue weighted by molar-refractivity contribution is 7.84. The fourth-order valence-electron chi connectivity index (χ4n) is 3.66. The summed E-state index contributed by atoms with van der Waals surface area (Å²) < 4.78 is 46.4. The topological polar surface area (TPSA) is 111 Å². The summed E-state index contributed by atoms with van der Waals surface area (Å²) in [5, 5.41) is 16.9. The minimum Gasteiger partial charge on any atom is -0.497 e. The SMILES string of the molecule is COc1ccc(N/C(S)=C(\C#N)C(=O)Nc2ccc(C3=NC=CN(c4ccc(OC(F)(F)F)cc4)N3)cc2)c(C)c1. The van der Waals surface area contributed by atoms with E-state index in [-0.39, 0.29) is 16.4 Å². The number of carbonyl (C=O) groups excluding carboxylic acids is 1. The molecule has 3 aromatic rings. The molecule has 0 aromatic heterocycles. The molecule has 3 N–H and O–H groups in total. The van der Waals surface area contributed by atoms with E-state index in [0.29, 0.717) is 34.2 Å². The van der Waals surface area contributed by atoms with Crippen LogP contribution in [-0.4, -0.2) is 25.2 Å². The number of methoxy groups -OCH3 is 1. The van der Waals surface area contributed by atoms with Crippen molar-refractivity contribution in [3.05, 3.63) is 101 Å². The van der Waals surface area contributed by atoms with Crippen LogP contribution in [0.5, 0.6) is 11.5 Å². The van der Waals surface area contributed by atoms with E-state index in [1.165, 1.54) is 30.5 Å². The first-order valence-electron chi connectivity index (χ1n) is 11.9. The maximum absolute atomic E-state index is 12.8. The van der Waals surface area contributed by atoms with Crippen molar-refractivity contribution >= 4 is 41.4 Å². The summed E-state index contributed by atoms with van der Waals surface area (Å²) in [6.07, 6.45) is -1.65. The van der Waals surface area contributed by atoms with E-state index in [1.807, 2.05) is 13.0 Å². The molecule has 9 nitrogen and oxygen atoms in total. The standard InChI is InChI=1S/C28H23F3N6O3S/c1-17-15-22(39-2)11-12-24(17)35-27(41)23(16-32)26(38)34-19-5-3-18(4-6-19)25-33-13-14-37(36-25)20-7-9-21(10-8-20)40-28(29,30)31/h3-15,35,41H,1-2H3,(H,33,36)(H,34,38)/b27-23-. The molecule has 0 radical (unpaired) electrons. The number of anilines is 3. The lowest BCUT2D eigenvalue weighted by Gasteiger charge is -2.26.